The van der Waals surface area contributed by atoms with Crippen molar-refractivity contribution in [2.45, 2.75) is 190 Å². The number of rotatable bonds is 2. The van der Waals surface area contributed by atoms with Crippen LogP contribution >= 0.6 is 21.6 Å². The van der Waals surface area contributed by atoms with E-state index < -0.39 is 12.2 Å². The van der Waals surface area contributed by atoms with Gasteiger partial charge in [0.15, 0.2) is 17.5 Å². The maximum absolute atomic E-state index is 14.6. The van der Waals surface area contributed by atoms with E-state index in [1.807, 2.05) is 26.5 Å². The minimum absolute atomic E-state index is 0.0721. The number of aliphatic hydroxyl groups excluding tert-OH is 1. The molecule has 8 atom stereocenters. The van der Waals surface area contributed by atoms with Gasteiger partial charge in [-0.15, -0.1) is 0 Å². The van der Waals surface area contributed by atoms with E-state index in [-0.39, 0.29) is 57.8 Å². The molecule has 2 aromatic rings. The summed E-state index contributed by atoms with van der Waals surface area (Å²) in [5, 5.41) is 27.4. The van der Waals surface area contributed by atoms with Gasteiger partial charge in [-0.1, -0.05) is 84.0 Å². The first kappa shape index (κ1) is 46.0. The second-order valence-corrected chi connectivity index (χ2v) is 23.6. The van der Waals surface area contributed by atoms with Crippen LogP contribution in [0.4, 0.5) is 0 Å². The Morgan fingerprint density at radius 1 is 0.922 bits per heavy atom. The van der Waals surface area contributed by atoms with E-state index in [1.165, 1.54) is 51.0 Å². The summed E-state index contributed by atoms with van der Waals surface area (Å²) in [6.07, 6.45) is 21.6. The molecule has 2 aromatic carbocycles. The largest absolute Gasteiger partial charge is 0.504 e. The van der Waals surface area contributed by atoms with Gasteiger partial charge in [0, 0.05) is 67.1 Å². The second kappa shape index (κ2) is 20.0. The molecular formula is C52H74N4O6S2. The highest BCUT2D eigenvalue weighted by Gasteiger charge is 2.58. The Hall–Kier alpha value is -3.09. The lowest BCUT2D eigenvalue weighted by atomic mass is 9.68. The van der Waals surface area contributed by atoms with Crippen molar-refractivity contribution in [1.82, 2.24) is 10.2 Å². The molecule has 3 aliphatic heterocycles. The molecule has 9 rings (SSSR count). The third-order valence-electron chi connectivity index (χ3n) is 17.1. The minimum atomic E-state index is -0.557. The fourth-order valence-electron chi connectivity index (χ4n) is 13.8. The number of phenolic OH excluding ortho intramolecular Hbond substituents is 1. The van der Waals surface area contributed by atoms with Gasteiger partial charge in [0.05, 0.1) is 6.10 Å². The first-order valence-electron chi connectivity index (χ1n) is 25.2. The number of nitrogens with two attached hydrogens (primary N) is 1. The lowest BCUT2D eigenvalue weighted by Crippen LogP contribution is -2.55. The molecule has 3 heterocycles. The Morgan fingerprint density at radius 3 is 2.56 bits per heavy atom. The van der Waals surface area contributed by atoms with Crippen LogP contribution < -0.4 is 15.8 Å². The standard InChI is InChI=1S/C52H74N4O6S2/c1-35(57)61-42-21-18-38-29-39(47(60)48-43(38)22-19-37-15-11-17-45(37)62-48)33-56-34-51(31-46(56)59)40(20-23-44(51)36-13-5-4-6-14-36)32-54-49(53)55-52(27-12-26-50(52)24-8-9-25-50)64-63-28-10-3-2-7-16-41(58)30-42/h4-6,13-14,29,37,40-42,44-45,58,60H,2-3,7-12,15-28,30-34H2,1H3,(H3,53,54,55). The molecule has 1 saturated heterocycles. The van der Waals surface area contributed by atoms with Crippen molar-refractivity contribution in [3.63, 3.8) is 0 Å². The summed E-state index contributed by atoms with van der Waals surface area (Å²) in [7, 11) is 4.01. The number of esters is 1. The first-order valence-corrected chi connectivity index (χ1v) is 27.5. The zero-order valence-corrected chi connectivity index (χ0v) is 40.0. The number of nitrogens with one attached hydrogen (secondary N) is 1. The van der Waals surface area contributed by atoms with Gasteiger partial charge in [-0.25, -0.2) is 0 Å². The zero-order chi connectivity index (χ0) is 44.3. The molecule has 7 aliphatic rings. The highest BCUT2D eigenvalue weighted by Crippen LogP contribution is 2.63. The van der Waals surface area contributed by atoms with Crippen molar-refractivity contribution in [3.05, 3.63) is 58.7 Å². The molecule has 0 radical (unpaired) electrons. The second-order valence-electron chi connectivity index (χ2n) is 20.9. The normalized spacial score (nSPS) is 34.0. The maximum atomic E-state index is 14.6. The van der Waals surface area contributed by atoms with E-state index in [1.54, 1.807) is 0 Å². The summed E-state index contributed by atoms with van der Waals surface area (Å²) in [4.78, 5) is 34.1. The summed E-state index contributed by atoms with van der Waals surface area (Å²) in [5.74, 6) is 2.95. The van der Waals surface area contributed by atoms with E-state index in [4.69, 9.17) is 20.2 Å². The van der Waals surface area contributed by atoms with Gasteiger partial charge in [-0.2, -0.15) is 0 Å². The number of carbonyl (C=O) groups is 2. The van der Waals surface area contributed by atoms with Gasteiger partial charge in [0.25, 0.3) is 0 Å². The van der Waals surface area contributed by atoms with Gasteiger partial charge < -0.3 is 35.6 Å². The fourth-order valence-corrected chi connectivity index (χ4v) is 17.4. The lowest BCUT2D eigenvalue weighted by Gasteiger charge is -2.44. The molecule has 3 spiro atoms. The van der Waals surface area contributed by atoms with Crippen LogP contribution in [0.15, 0.2) is 41.4 Å². The van der Waals surface area contributed by atoms with Crippen molar-refractivity contribution >= 4 is 39.4 Å². The van der Waals surface area contributed by atoms with E-state index in [2.05, 4.69) is 41.7 Å². The number of nitrogens with zero attached hydrogens (tertiary/aromatic N) is 2. The smallest absolute Gasteiger partial charge is 0.302 e. The molecule has 5 fully saturated rings. The van der Waals surface area contributed by atoms with Gasteiger partial charge in [-0.05, 0) is 138 Å². The van der Waals surface area contributed by atoms with Gasteiger partial charge in [0.2, 0.25) is 5.91 Å². The Kier molecular flexibility index (Phi) is 14.4. The molecule has 4 bridgehead atoms. The van der Waals surface area contributed by atoms with Crippen molar-refractivity contribution in [2.75, 3.05) is 18.8 Å². The van der Waals surface area contributed by atoms with E-state index in [0.717, 1.165) is 93.9 Å². The lowest BCUT2D eigenvalue weighted by molar-refractivity contribution is -0.148. The van der Waals surface area contributed by atoms with E-state index in [9.17, 15) is 19.8 Å². The monoisotopic (exact) mass is 915 g/mol. The molecule has 12 heteroatoms. The molecule has 1 amide bonds. The summed E-state index contributed by atoms with van der Waals surface area (Å²) in [6.45, 7) is 2.90. The van der Waals surface area contributed by atoms with E-state index >= 15 is 0 Å². The number of aliphatic imine (C=N–C) groups is 1. The minimum Gasteiger partial charge on any atom is -0.504 e. The van der Waals surface area contributed by atoms with Crippen LogP contribution in [-0.2, 0) is 33.7 Å². The van der Waals surface area contributed by atoms with Crippen molar-refractivity contribution in [2.24, 2.45) is 33.4 Å². The van der Waals surface area contributed by atoms with Crippen molar-refractivity contribution in [1.29, 1.82) is 0 Å². The van der Waals surface area contributed by atoms with Crippen LogP contribution in [0.3, 0.4) is 0 Å². The number of aliphatic hydroxyl groups is 1. The average molecular weight is 915 g/mol. The molecule has 0 aromatic heterocycles. The Morgan fingerprint density at radius 2 is 1.73 bits per heavy atom. The summed E-state index contributed by atoms with van der Waals surface area (Å²) in [6, 6.07) is 12.9. The number of aryl methyl sites for hydroxylation is 1. The molecule has 10 nitrogen and oxygen atoms in total. The number of ether oxygens (including phenoxy) is 2. The third kappa shape index (κ3) is 9.54. The van der Waals surface area contributed by atoms with Crippen LogP contribution in [0.25, 0.3) is 0 Å². The number of benzene rings is 2. The van der Waals surface area contributed by atoms with Crippen LogP contribution in [0.5, 0.6) is 11.5 Å². The number of fused-ring (bicyclic) bond motifs is 7. The number of guanidine groups is 1. The van der Waals surface area contributed by atoms with Crippen molar-refractivity contribution in [3.8, 4) is 11.5 Å². The SMILES string of the molecule is CC(=O)OC1CCc2cc(c(O)c3c2CCC2CCCC2O3)CN2CC3(CC2=O)C(CCC3c2ccccc2)CN=C(N)NC2(CCCC23CCCC3)SSCCCCCCC(O)C1. The Bertz CT molecular complexity index is 1990. The topological polar surface area (TPSA) is 147 Å². The number of hydrogen-bond acceptors (Lipinski definition) is 11. The molecule has 64 heavy (non-hydrogen) atoms. The summed E-state index contributed by atoms with van der Waals surface area (Å²) in [5.41, 5.74) is 11.0. The number of phenols is 1. The highest BCUT2D eigenvalue weighted by molar-refractivity contribution is 8.77. The van der Waals surface area contributed by atoms with Crippen molar-refractivity contribution < 1.29 is 29.3 Å². The molecule has 8 unspecified atom stereocenters. The predicted octanol–water partition coefficient (Wildman–Crippen LogP) is 10.1. The van der Waals surface area contributed by atoms with Gasteiger partial charge >= 0.3 is 5.97 Å². The zero-order valence-electron chi connectivity index (χ0n) is 38.3. The predicted molar refractivity (Wildman–Crippen MR) is 257 cm³/mol. The molecule has 350 valence electrons. The molecule has 4 aliphatic carbocycles. The van der Waals surface area contributed by atoms with Crippen LogP contribution in [0.2, 0.25) is 0 Å². The third-order valence-corrected chi connectivity index (χ3v) is 20.4. The quantitative estimate of drug-likeness (QED) is 0.170. The highest BCUT2D eigenvalue weighted by atomic mass is 33.1. The van der Waals surface area contributed by atoms with Gasteiger partial charge in [-0.3, -0.25) is 14.6 Å². The van der Waals surface area contributed by atoms with E-state index in [0.29, 0.717) is 68.4 Å². The van der Waals surface area contributed by atoms with Crippen LogP contribution in [-0.4, -0.2) is 75.0 Å². The number of amides is 1. The molecule has 5 N–H and O–H groups in total. The Labute approximate surface area is 389 Å². The summed E-state index contributed by atoms with van der Waals surface area (Å²) < 4.78 is 12.7. The summed E-state index contributed by atoms with van der Waals surface area (Å²) >= 11 is 0. The average Bonchev–Trinajstić information content (AvgIpc) is 4.11. The van der Waals surface area contributed by atoms with Crippen LogP contribution in [0.1, 0.15) is 170 Å². The molecular weight excluding hydrogens is 841 g/mol. The fraction of sp³-hybridized carbons (Fsp3) is 0.712. The maximum Gasteiger partial charge on any atom is 0.302 e. The molecule has 4 saturated carbocycles. The Balaban J connectivity index is 1.05. The first-order chi connectivity index (χ1) is 31.1. The number of hydrogen-bond donors (Lipinski definition) is 4. The number of aromatic hydroxyl groups is 1. The van der Waals surface area contributed by atoms with Crippen LogP contribution in [0, 0.1) is 22.7 Å². The van der Waals surface area contributed by atoms with Gasteiger partial charge in [0.1, 0.15) is 17.1 Å². The number of carbonyl (C=O) groups excluding carboxylic acids is 2.